The van der Waals surface area contributed by atoms with E-state index in [1.165, 1.54) is 0 Å². The molecule has 4 heteroatoms. The largest absolute Gasteiger partial charge is 0.466 e. The summed E-state index contributed by atoms with van der Waals surface area (Å²) in [5.41, 5.74) is 1.08. The average molecular weight is 291 g/mol. The first kappa shape index (κ1) is 16.0. The van der Waals surface area contributed by atoms with Crippen LogP contribution in [-0.4, -0.2) is 30.3 Å². The third-order valence-corrected chi connectivity index (χ3v) is 4.12. The maximum Gasteiger partial charge on any atom is 0.308 e. The fourth-order valence-corrected chi connectivity index (χ4v) is 3.04. The Kier molecular flexibility index (Phi) is 6.21. The van der Waals surface area contributed by atoms with Crippen molar-refractivity contribution in [2.75, 3.05) is 13.2 Å². The molecule has 0 amide bonds. The highest BCUT2D eigenvalue weighted by Crippen LogP contribution is 2.27. The molecule has 1 fully saturated rings. The summed E-state index contributed by atoms with van der Waals surface area (Å²) >= 11 is 0. The predicted octanol–water partition coefficient (Wildman–Crippen LogP) is 2.43. The molecular weight excluding hydrogens is 266 g/mol. The smallest absolute Gasteiger partial charge is 0.308 e. The molecule has 0 radical (unpaired) electrons. The minimum absolute atomic E-state index is 0.00804. The molecule has 0 aliphatic heterocycles. The molecule has 116 valence electrons. The van der Waals surface area contributed by atoms with Crippen LogP contribution in [0.4, 0.5) is 0 Å². The van der Waals surface area contributed by atoms with Crippen LogP contribution in [0.25, 0.3) is 0 Å². The first-order valence-electron chi connectivity index (χ1n) is 7.83. The highest BCUT2D eigenvalue weighted by atomic mass is 16.5. The number of rotatable bonds is 6. The van der Waals surface area contributed by atoms with Gasteiger partial charge in [-0.3, -0.25) is 4.79 Å². The van der Waals surface area contributed by atoms with Crippen molar-refractivity contribution in [3.63, 3.8) is 0 Å². The van der Waals surface area contributed by atoms with Gasteiger partial charge in [-0.1, -0.05) is 36.8 Å². The van der Waals surface area contributed by atoms with E-state index in [-0.39, 0.29) is 30.6 Å². The molecule has 21 heavy (non-hydrogen) atoms. The number of carbonyl (C=O) groups is 1. The van der Waals surface area contributed by atoms with Crippen LogP contribution >= 0.6 is 0 Å². The van der Waals surface area contributed by atoms with Crippen molar-refractivity contribution in [3.8, 4) is 0 Å². The monoisotopic (exact) mass is 291 g/mol. The Hall–Kier alpha value is -1.39. The number of hydrogen-bond acceptors (Lipinski definition) is 4. The Labute approximate surface area is 126 Å². The molecule has 1 aromatic carbocycles. The topological polar surface area (TPSA) is 58.6 Å². The van der Waals surface area contributed by atoms with Crippen LogP contribution in [0.15, 0.2) is 30.3 Å². The maximum atomic E-state index is 11.9. The SMILES string of the molecule is CCOC(=O)C1CCCC(N[C@@H](CO)c2ccccc2)C1. The highest BCUT2D eigenvalue weighted by Gasteiger charge is 2.29. The molecule has 3 atom stereocenters. The normalized spacial score (nSPS) is 23.5. The molecule has 4 nitrogen and oxygen atoms in total. The number of hydrogen-bond donors (Lipinski definition) is 2. The Balaban J connectivity index is 1.93. The van der Waals surface area contributed by atoms with Crippen molar-refractivity contribution in [2.24, 2.45) is 5.92 Å². The first-order chi connectivity index (χ1) is 10.2. The molecule has 1 aliphatic carbocycles. The lowest BCUT2D eigenvalue weighted by Crippen LogP contribution is -2.40. The second kappa shape index (κ2) is 8.15. The number of ether oxygens (including phenoxy) is 1. The van der Waals surface area contributed by atoms with Gasteiger partial charge in [0.15, 0.2) is 0 Å². The summed E-state index contributed by atoms with van der Waals surface area (Å²) < 4.78 is 5.13. The standard InChI is InChI=1S/C17H25NO3/c1-2-21-17(20)14-9-6-10-15(11-14)18-16(12-19)13-7-4-3-5-8-13/h3-5,7-8,14-16,18-19H,2,6,9-12H2,1H3/t14?,15?,16-/m0/s1. The molecule has 1 saturated carbocycles. The number of benzene rings is 1. The summed E-state index contributed by atoms with van der Waals surface area (Å²) in [4.78, 5) is 11.9. The fraction of sp³-hybridized carbons (Fsp3) is 0.588. The van der Waals surface area contributed by atoms with Crippen molar-refractivity contribution in [2.45, 2.75) is 44.7 Å². The van der Waals surface area contributed by atoms with Crippen molar-refractivity contribution in [3.05, 3.63) is 35.9 Å². The van der Waals surface area contributed by atoms with Gasteiger partial charge < -0.3 is 15.2 Å². The van der Waals surface area contributed by atoms with E-state index in [1.807, 2.05) is 37.3 Å². The zero-order chi connectivity index (χ0) is 15.1. The Morgan fingerprint density at radius 2 is 2.14 bits per heavy atom. The zero-order valence-corrected chi connectivity index (χ0v) is 12.6. The van der Waals surface area contributed by atoms with Gasteiger partial charge in [-0.25, -0.2) is 0 Å². The van der Waals surface area contributed by atoms with Crippen molar-refractivity contribution in [1.82, 2.24) is 5.32 Å². The predicted molar refractivity (Wildman–Crippen MR) is 81.8 cm³/mol. The van der Waals surface area contributed by atoms with Gasteiger partial charge in [-0.2, -0.15) is 0 Å². The maximum absolute atomic E-state index is 11.9. The van der Waals surface area contributed by atoms with Crippen LogP contribution in [0.2, 0.25) is 0 Å². The van der Waals surface area contributed by atoms with E-state index in [0.29, 0.717) is 6.61 Å². The van der Waals surface area contributed by atoms with Crippen LogP contribution in [0.5, 0.6) is 0 Å². The summed E-state index contributed by atoms with van der Waals surface area (Å²) in [5.74, 6) is -0.0874. The third-order valence-electron chi connectivity index (χ3n) is 4.12. The second-order valence-corrected chi connectivity index (χ2v) is 5.63. The second-order valence-electron chi connectivity index (χ2n) is 5.63. The highest BCUT2D eigenvalue weighted by molar-refractivity contribution is 5.72. The summed E-state index contributed by atoms with van der Waals surface area (Å²) in [5, 5.41) is 13.1. The lowest BCUT2D eigenvalue weighted by atomic mass is 9.85. The first-order valence-corrected chi connectivity index (χ1v) is 7.83. The van der Waals surface area contributed by atoms with E-state index in [2.05, 4.69) is 5.32 Å². The van der Waals surface area contributed by atoms with Crippen LogP contribution in [0, 0.1) is 5.92 Å². The number of nitrogens with one attached hydrogen (secondary N) is 1. The fourth-order valence-electron chi connectivity index (χ4n) is 3.04. The minimum atomic E-state index is -0.0794. The van der Waals surface area contributed by atoms with E-state index in [9.17, 15) is 9.90 Å². The average Bonchev–Trinajstić information content (AvgIpc) is 2.54. The van der Waals surface area contributed by atoms with E-state index >= 15 is 0 Å². The van der Waals surface area contributed by atoms with Gasteiger partial charge >= 0.3 is 5.97 Å². The van der Waals surface area contributed by atoms with Gasteiger partial charge in [0.05, 0.1) is 25.2 Å². The number of aliphatic hydroxyl groups is 1. The van der Waals surface area contributed by atoms with Gasteiger partial charge in [-0.05, 0) is 31.7 Å². The van der Waals surface area contributed by atoms with E-state index in [4.69, 9.17) is 4.74 Å². The van der Waals surface area contributed by atoms with E-state index in [0.717, 1.165) is 31.2 Å². The van der Waals surface area contributed by atoms with Crippen LogP contribution in [0.3, 0.4) is 0 Å². The summed E-state index contributed by atoms with van der Waals surface area (Å²) in [7, 11) is 0. The van der Waals surface area contributed by atoms with Crippen molar-refractivity contribution < 1.29 is 14.6 Å². The molecule has 1 aliphatic rings. The minimum Gasteiger partial charge on any atom is -0.466 e. The third kappa shape index (κ3) is 4.55. The molecule has 0 saturated heterocycles. The summed E-state index contributed by atoms with van der Waals surface area (Å²) in [6, 6.07) is 10.1. The molecule has 0 heterocycles. The van der Waals surface area contributed by atoms with Gasteiger partial charge in [0.2, 0.25) is 0 Å². The molecule has 0 aromatic heterocycles. The zero-order valence-electron chi connectivity index (χ0n) is 12.6. The van der Waals surface area contributed by atoms with E-state index < -0.39 is 0 Å². The molecule has 2 N–H and O–H groups in total. The molecule has 0 spiro atoms. The molecule has 1 aromatic rings. The number of carbonyl (C=O) groups excluding carboxylic acids is 1. The van der Waals surface area contributed by atoms with Gasteiger partial charge in [0.1, 0.15) is 0 Å². The van der Waals surface area contributed by atoms with Gasteiger partial charge in [-0.15, -0.1) is 0 Å². The molecular formula is C17H25NO3. The molecule has 2 rings (SSSR count). The Bertz CT molecular complexity index is 435. The lowest BCUT2D eigenvalue weighted by Gasteiger charge is -2.31. The summed E-state index contributed by atoms with van der Waals surface area (Å²) in [6.07, 6.45) is 3.77. The van der Waals surface area contributed by atoms with Crippen LogP contribution in [0.1, 0.15) is 44.2 Å². The molecule has 0 bridgehead atoms. The van der Waals surface area contributed by atoms with Crippen molar-refractivity contribution >= 4 is 5.97 Å². The quantitative estimate of drug-likeness (QED) is 0.790. The number of esters is 1. The van der Waals surface area contributed by atoms with Crippen LogP contribution < -0.4 is 5.32 Å². The molecule has 2 unspecified atom stereocenters. The summed E-state index contributed by atoms with van der Waals surface area (Å²) in [6.45, 7) is 2.34. The van der Waals surface area contributed by atoms with E-state index in [1.54, 1.807) is 0 Å². The van der Waals surface area contributed by atoms with Crippen LogP contribution in [-0.2, 0) is 9.53 Å². The van der Waals surface area contributed by atoms with Gasteiger partial charge in [0.25, 0.3) is 0 Å². The lowest BCUT2D eigenvalue weighted by molar-refractivity contribution is -0.149. The van der Waals surface area contributed by atoms with Gasteiger partial charge in [0, 0.05) is 6.04 Å². The van der Waals surface area contributed by atoms with Crippen molar-refractivity contribution in [1.29, 1.82) is 0 Å². The Morgan fingerprint density at radius 1 is 1.38 bits per heavy atom. The number of aliphatic hydroxyl groups excluding tert-OH is 1. The Morgan fingerprint density at radius 3 is 2.81 bits per heavy atom.